The molecule has 0 radical (unpaired) electrons. The summed E-state index contributed by atoms with van der Waals surface area (Å²) >= 11 is 0. The molecule has 0 bridgehead atoms. The van der Waals surface area contributed by atoms with Crippen molar-refractivity contribution in [2.24, 2.45) is 0 Å². The van der Waals surface area contributed by atoms with Crippen molar-refractivity contribution in [2.45, 2.75) is 0 Å². The summed E-state index contributed by atoms with van der Waals surface area (Å²) in [4.78, 5) is 12.0. The summed E-state index contributed by atoms with van der Waals surface area (Å²) in [7, 11) is 1.62. The summed E-state index contributed by atoms with van der Waals surface area (Å²) in [6, 6.07) is 13.6. The molecule has 88 valence electrons. The predicted molar refractivity (Wildman–Crippen MR) is 68.2 cm³/mol. The van der Waals surface area contributed by atoms with Crippen LogP contribution in [-0.2, 0) is 4.74 Å². The summed E-state index contributed by atoms with van der Waals surface area (Å²) in [6.45, 7) is 1.05. The van der Waals surface area contributed by atoms with Gasteiger partial charge in [-0.15, -0.1) is 0 Å². The van der Waals surface area contributed by atoms with E-state index in [9.17, 15) is 4.79 Å². The fourth-order valence-electron chi connectivity index (χ4n) is 1.79. The van der Waals surface area contributed by atoms with Crippen LogP contribution in [-0.4, -0.2) is 26.2 Å². The van der Waals surface area contributed by atoms with Crippen molar-refractivity contribution >= 4 is 16.7 Å². The van der Waals surface area contributed by atoms with Gasteiger partial charge in [0.15, 0.2) is 0 Å². The second-order valence-corrected chi connectivity index (χ2v) is 3.78. The number of fused-ring (bicyclic) bond motifs is 1. The molecule has 0 aliphatic rings. The van der Waals surface area contributed by atoms with Crippen LogP contribution in [0.2, 0.25) is 0 Å². The summed E-state index contributed by atoms with van der Waals surface area (Å²) in [6.07, 6.45) is 0. The number of nitrogens with one attached hydrogen (secondary N) is 1. The molecule has 0 aromatic heterocycles. The normalized spacial score (nSPS) is 10.4. The van der Waals surface area contributed by atoms with Crippen molar-refractivity contribution in [1.82, 2.24) is 5.32 Å². The van der Waals surface area contributed by atoms with E-state index in [1.807, 2.05) is 42.5 Å². The number of benzene rings is 2. The van der Waals surface area contributed by atoms with E-state index in [1.165, 1.54) is 0 Å². The predicted octanol–water partition coefficient (Wildman–Crippen LogP) is 2.22. The Hall–Kier alpha value is -1.87. The molecular weight excluding hydrogens is 214 g/mol. The van der Waals surface area contributed by atoms with Crippen molar-refractivity contribution < 1.29 is 9.53 Å². The molecule has 0 fully saturated rings. The largest absolute Gasteiger partial charge is 0.383 e. The molecule has 0 aliphatic carbocycles. The minimum Gasteiger partial charge on any atom is -0.383 e. The number of methoxy groups -OCH3 is 1. The highest BCUT2D eigenvalue weighted by Gasteiger charge is 2.08. The lowest BCUT2D eigenvalue weighted by Crippen LogP contribution is -2.27. The average molecular weight is 229 g/mol. The van der Waals surface area contributed by atoms with Gasteiger partial charge in [-0.25, -0.2) is 0 Å². The van der Waals surface area contributed by atoms with Gasteiger partial charge in [0, 0.05) is 19.2 Å². The van der Waals surface area contributed by atoms with Crippen LogP contribution in [0.1, 0.15) is 10.4 Å². The smallest absolute Gasteiger partial charge is 0.251 e. The van der Waals surface area contributed by atoms with Crippen molar-refractivity contribution in [3.05, 3.63) is 48.0 Å². The Bertz CT molecular complexity index is 517. The van der Waals surface area contributed by atoms with E-state index in [2.05, 4.69) is 5.32 Å². The fourth-order valence-corrected chi connectivity index (χ4v) is 1.79. The van der Waals surface area contributed by atoms with Gasteiger partial charge < -0.3 is 10.1 Å². The van der Waals surface area contributed by atoms with E-state index in [0.29, 0.717) is 18.7 Å². The Morgan fingerprint density at radius 3 is 2.76 bits per heavy atom. The molecule has 0 unspecified atom stereocenters. The maximum Gasteiger partial charge on any atom is 0.251 e. The number of amides is 1. The van der Waals surface area contributed by atoms with Crippen LogP contribution in [0.25, 0.3) is 10.8 Å². The standard InChI is InChI=1S/C14H15NO2/c1-17-10-9-15-14(16)13-8-4-6-11-5-2-3-7-12(11)13/h2-8H,9-10H2,1H3,(H,15,16). The number of ether oxygens (including phenoxy) is 1. The van der Waals surface area contributed by atoms with E-state index >= 15 is 0 Å². The minimum atomic E-state index is -0.0566. The lowest BCUT2D eigenvalue weighted by molar-refractivity contribution is 0.0939. The number of rotatable bonds is 4. The van der Waals surface area contributed by atoms with Gasteiger partial charge >= 0.3 is 0 Å². The molecule has 0 saturated heterocycles. The molecule has 2 rings (SSSR count). The zero-order chi connectivity index (χ0) is 12.1. The van der Waals surface area contributed by atoms with Crippen LogP contribution >= 0.6 is 0 Å². The van der Waals surface area contributed by atoms with Crippen LogP contribution in [0.5, 0.6) is 0 Å². The molecule has 17 heavy (non-hydrogen) atoms. The summed E-state index contributed by atoms with van der Waals surface area (Å²) < 4.78 is 4.90. The fraction of sp³-hybridized carbons (Fsp3) is 0.214. The topological polar surface area (TPSA) is 38.3 Å². The maximum absolute atomic E-state index is 12.0. The molecule has 3 heteroatoms. The van der Waals surface area contributed by atoms with Gasteiger partial charge in [0.2, 0.25) is 0 Å². The van der Waals surface area contributed by atoms with Gasteiger partial charge in [0.1, 0.15) is 0 Å². The zero-order valence-electron chi connectivity index (χ0n) is 9.77. The summed E-state index contributed by atoms with van der Waals surface area (Å²) in [5.41, 5.74) is 0.708. The van der Waals surface area contributed by atoms with E-state index < -0.39 is 0 Å². The maximum atomic E-state index is 12.0. The van der Waals surface area contributed by atoms with Crippen molar-refractivity contribution in [1.29, 1.82) is 0 Å². The number of carbonyl (C=O) groups excluding carboxylic acids is 1. The first-order valence-corrected chi connectivity index (χ1v) is 5.58. The SMILES string of the molecule is COCCNC(=O)c1cccc2ccccc12. The van der Waals surface area contributed by atoms with E-state index in [4.69, 9.17) is 4.74 Å². The van der Waals surface area contributed by atoms with Crippen LogP contribution in [0.15, 0.2) is 42.5 Å². The molecule has 0 aliphatic heterocycles. The number of hydrogen-bond acceptors (Lipinski definition) is 2. The number of carbonyl (C=O) groups is 1. The average Bonchev–Trinajstić information content (AvgIpc) is 2.38. The highest BCUT2D eigenvalue weighted by Crippen LogP contribution is 2.18. The Balaban J connectivity index is 2.26. The second-order valence-electron chi connectivity index (χ2n) is 3.78. The van der Waals surface area contributed by atoms with Crippen LogP contribution < -0.4 is 5.32 Å². The van der Waals surface area contributed by atoms with Gasteiger partial charge in [-0.3, -0.25) is 4.79 Å². The molecule has 2 aromatic carbocycles. The van der Waals surface area contributed by atoms with Crippen LogP contribution in [0, 0.1) is 0 Å². The lowest BCUT2D eigenvalue weighted by Gasteiger charge is -2.07. The third-order valence-electron chi connectivity index (χ3n) is 2.63. The Morgan fingerprint density at radius 1 is 1.18 bits per heavy atom. The van der Waals surface area contributed by atoms with Crippen molar-refractivity contribution in [3.8, 4) is 0 Å². The van der Waals surface area contributed by atoms with Gasteiger partial charge in [0.05, 0.1) is 6.61 Å². The first-order valence-electron chi connectivity index (χ1n) is 5.58. The Labute approximate surface area is 100 Å². The van der Waals surface area contributed by atoms with E-state index in [1.54, 1.807) is 7.11 Å². The lowest BCUT2D eigenvalue weighted by atomic mass is 10.0. The van der Waals surface area contributed by atoms with Gasteiger partial charge in [0.25, 0.3) is 5.91 Å². The third-order valence-corrected chi connectivity index (χ3v) is 2.63. The first kappa shape index (κ1) is 11.6. The monoisotopic (exact) mass is 229 g/mol. The van der Waals surface area contributed by atoms with Crippen molar-refractivity contribution in [3.63, 3.8) is 0 Å². The molecule has 3 nitrogen and oxygen atoms in total. The van der Waals surface area contributed by atoms with Gasteiger partial charge in [-0.2, -0.15) is 0 Å². The first-order chi connectivity index (χ1) is 8.33. The highest BCUT2D eigenvalue weighted by atomic mass is 16.5. The molecule has 0 atom stereocenters. The van der Waals surface area contributed by atoms with E-state index in [0.717, 1.165) is 10.8 Å². The molecule has 0 spiro atoms. The van der Waals surface area contributed by atoms with Crippen molar-refractivity contribution in [2.75, 3.05) is 20.3 Å². The van der Waals surface area contributed by atoms with Crippen LogP contribution in [0.3, 0.4) is 0 Å². The quantitative estimate of drug-likeness (QED) is 0.816. The molecule has 0 saturated carbocycles. The number of hydrogen-bond donors (Lipinski definition) is 1. The Kier molecular flexibility index (Phi) is 3.73. The Morgan fingerprint density at radius 2 is 1.94 bits per heavy atom. The molecule has 1 N–H and O–H groups in total. The summed E-state index contributed by atoms with van der Waals surface area (Å²) in [5.74, 6) is -0.0566. The molecule has 2 aromatic rings. The summed E-state index contributed by atoms with van der Waals surface area (Å²) in [5, 5.41) is 4.88. The van der Waals surface area contributed by atoms with Gasteiger partial charge in [-0.05, 0) is 16.8 Å². The van der Waals surface area contributed by atoms with Gasteiger partial charge in [-0.1, -0.05) is 36.4 Å². The third kappa shape index (κ3) is 2.63. The molecule has 1 amide bonds. The van der Waals surface area contributed by atoms with Crippen LogP contribution in [0.4, 0.5) is 0 Å². The highest BCUT2D eigenvalue weighted by molar-refractivity contribution is 6.06. The molecular formula is C14H15NO2. The minimum absolute atomic E-state index is 0.0566. The molecule has 0 heterocycles. The second kappa shape index (κ2) is 5.46. The van der Waals surface area contributed by atoms with E-state index in [-0.39, 0.29) is 5.91 Å². The zero-order valence-corrected chi connectivity index (χ0v) is 9.77.